The van der Waals surface area contributed by atoms with Gasteiger partial charge in [0.2, 0.25) is 5.91 Å². The number of rotatable bonds is 7. The maximum atomic E-state index is 12.9. The number of amides is 1. The van der Waals surface area contributed by atoms with E-state index in [1.807, 2.05) is 0 Å². The van der Waals surface area contributed by atoms with Gasteiger partial charge in [-0.05, 0) is 31.2 Å². The second-order valence-electron chi connectivity index (χ2n) is 4.07. The summed E-state index contributed by atoms with van der Waals surface area (Å²) in [4.78, 5) is 11.6. The maximum Gasteiger partial charge on any atom is 0.225 e. The number of thioether (sulfide) groups is 1. The molecular weight excluding hydrogens is 251 g/mol. The summed E-state index contributed by atoms with van der Waals surface area (Å²) in [5.41, 5.74) is 5.95. The van der Waals surface area contributed by atoms with Gasteiger partial charge < -0.3 is 11.1 Å². The summed E-state index contributed by atoms with van der Waals surface area (Å²) < 4.78 is 12.9. The standard InChI is InChI=1S/C13H19FN2OS/c1-10(5-7-15)18-8-6-13(17)16-12-4-2-3-11(14)9-12/h2-4,9-10H,5-8,15H2,1H3,(H,16,17). The Labute approximate surface area is 111 Å². The van der Waals surface area contributed by atoms with E-state index in [2.05, 4.69) is 12.2 Å². The molecule has 18 heavy (non-hydrogen) atoms. The Morgan fingerprint density at radius 2 is 2.33 bits per heavy atom. The van der Waals surface area contributed by atoms with Crippen molar-refractivity contribution in [1.29, 1.82) is 0 Å². The van der Waals surface area contributed by atoms with Crippen molar-refractivity contribution in [1.82, 2.24) is 0 Å². The minimum Gasteiger partial charge on any atom is -0.330 e. The summed E-state index contributed by atoms with van der Waals surface area (Å²) in [6, 6.07) is 5.90. The normalized spacial score (nSPS) is 12.2. The molecule has 3 N–H and O–H groups in total. The fourth-order valence-corrected chi connectivity index (χ4v) is 2.47. The number of benzene rings is 1. The van der Waals surface area contributed by atoms with Crippen molar-refractivity contribution in [3.8, 4) is 0 Å². The molecule has 5 heteroatoms. The zero-order valence-electron chi connectivity index (χ0n) is 10.5. The highest BCUT2D eigenvalue weighted by Crippen LogP contribution is 2.15. The molecule has 0 aliphatic rings. The highest BCUT2D eigenvalue weighted by molar-refractivity contribution is 7.99. The topological polar surface area (TPSA) is 55.1 Å². The maximum absolute atomic E-state index is 12.9. The highest BCUT2D eigenvalue weighted by Gasteiger charge is 2.05. The lowest BCUT2D eigenvalue weighted by atomic mass is 10.3. The van der Waals surface area contributed by atoms with Crippen LogP contribution >= 0.6 is 11.8 Å². The Morgan fingerprint density at radius 3 is 3.00 bits per heavy atom. The first-order valence-corrected chi connectivity index (χ1v) is 7.04. The van der Waals surface area contributed by atoms with Gasteiger partial charge in [0.1, 0.15) is 5.82 Å². The van der Waals surface area contributed by atoms with E-state index in [9.17, 15) is 9.18 Å². The highest BCUT2D eigenvalue weighted by atomic mass is 32.2. The van der Waals surface area contributed by atoms with E-state index in [0.717, 1.165) is 12.2 Å². The predicted octanol–water partition coefficient (Wildman–Crippen LogP) is 2.62. The molecule has 0 fully saturated rings. The number of carbonyl (C=O) groups is 1. The van der Waals surface area contributed by atoms with Crippen LogP contribution in [0.25, 0.3) is 0 Å². The van der Waals surface area contributed by atoms with Gasteiger partial charge in [-0.25, -0.2) is 4.39 Å². The van der Waals surface area contributed by atoms with Crippen LogP contribution in [0.3, 0.4) is 0 Å². The Bertz CT molecular complexity index is 387. The first-order chi connectivity index (χ1) is 8.61. The molecule has 1 amide bonds. The largest absolute Gasteiger partial charge is 0.330 e. The molecule has 0 aromatic heterocycles. The van der Waals surface area contributed by atoms with Crippen LogP contribution in [0.2, 0.25) is 0 Å². The van der Waals surface area contributed by atoms with Crippen molar-refractivity contribution >= 4 is 23.4 Å². The lowest BCUT2D eigenvalue weighted by molar-refractivity contribution is -0.115. The molecular formula is C13H19FN2OS. The molecule has 0 bridgehead atoms. The van der Waals surface area contributed by atoms with E-state index >= 15 is 0 Å². The zero-order chi connectivity index (χ0) is 13.4. The molecule has 100 valence electrons. The summed E-state index contributed by atoms with van der Waals surface area (Å²) in [6.45, 7) is 2.77. The number of nitrogens with two attached hydrogens (primary N) is 1. The van der Waals surface area contributed by atoms with Crippen LogP contribution < -0.4 is 11.1 Å². The molecule has 0 radical (unpaired) electrons. The van der Waals surface area contributed by atoms with Gasteiger partial charge in [-0.3, -0.25) is 4.79 Å². The summed E-state index contributed by atoms with van der Waals surface area (Å²) >= 11 is 1.73. The molecule has 1 rings (SSSR count). The van der Waals surface area contributed by atoms with Crippen LogP contribution in [0.4, 0.5) is 10.1 Å². The molecule has 1 unspecified atom stereocenters. The van der Waals surface area contributed by atoms with Gasteiger partial charge in [0, 0.05) is 23.1 Å². The van der Waals surface area contributed by atoms with Crippen LogP contribution in [0.5, 0.6) is 0 Å². The smallest absolute Gasteiger partial charge is 0.225 e. The van der Waals surface area contributed by atoms with E-state index in [4.69, 9.17) is 5.73 Å². The Hall–Kier alpha value is -1.07. The molecule has 0 spiro atoms. The first kappa shape index (κ1) is 15.0. The van der Waals surface area contributed by atoms with Gasteiger partial charge in [0.15, 0.2) is 0 Å². The quantitative estimate of drug-likeness (QED) is 0.801. The van der Waals surface area contributed by atoms with Crippen LogP contribution in [0, 0.1) is 5.82 Å². The van der Waals surface area contributed by atoms with Crippen molar-refractivity contribution in [2.45, 2.75) is 25.0 Å². The average Bonchev–Trinajstić information content (AvgIpc) is 2.29. The average molecular weight is 270 g/mol. The van der Waals surface area contributed by atoms with Crippen molar-refractivity contribution in [2.24, 2.45) is 5.73 Å². The molecule has 3 nitrogen and oxygen atoms in total. The lowest BCUT2D eigenvalue weighted by Crippen LogP contribution is -2.14. The molecule has 0 aliphatic heterocycles. The third-order valence-corrected chi connectivity index (χ3v) is 3.66. The van der Waals surface area contributed by atoms with Crippen LogP contribution in [-0.2, 0) is 4.79 Å². The molecule has 0 saturated heterocycles. The minimum atomic E-state index is -0.348. The van der Waals surface area contributed by atoms with Gasteiger partial charge in [0.25, 0.3) is 0 Å². The predicted molar refractivity (Wildman–Crippen MR) is 75.2 cm³/mol. The van der Waals surface area contributed by atoms with Gasteiger partial charge in [-0.2, -0.15) is 11.8 Å². The van der Waals surface area contributed by atoms with Gasteiger partial charge >= 0.3 is 0 Å². The number of halogens is 1. The number of anilines is 1. The minimum absolute atomic E-state index is 0.0898. The van der Waals surface area contributed by atoms with E-state index in [1.165, 1.54) is 12.1 Å². The second kappa shape index (κ2) is 8.11. The first-order valence-electron chi connectivity index (χ1n) is 5.99. The molecule has 0 heterocycles. The number of carbonyl (C=O) groups excluding carboxylic acids is 1. The lowest BCUT2D eigenvalue weighted by Gasteiger charge is -2.09. The van der Waals surface area contributed by atoms with E-state index in [1.54, 1.807) is 23.9 Å². The SMILES string of the molecule is CC(CCN)SCCC(=O)Nc1cccc(F)c1. The van der Waals surface area contributed by atoms with E-state index < -0.39 is 0 Å². The van der Waals surface area contributed by atoms with Gasteiger partial charge in [0.05, 0.1) is 0 Å². The number of hydrogen-bond donors (Lipinski definition) is 2. The van der Waals surface area contributed by atoms with Crippen LogP contribution in [0.1, 0.15) is 19.8 Å². The molecule has 0 aliphatic carbocycles. The van der Waals surface area contributed by atoms with Gasteiger partial charge in [-0.15, -0.1) is 0 Å². The van der Waals surface area contributed by atoms with Crippen molar-refractivity contribution in [3.63, 3.8) is 0 Å². The van der Waals surface area contributed by atoms with E-state index in [0.29, 0.717) is 23.9 Å². The molecule has 1 atom stereocenters. The van der Waals surface area contributed by atoms with Gasteiger partial charge in [-0.1, -0.05) is 13.0 Å². The van der Waals surface area contributed by atoms with E-state index in [-0.39, 0.29) is 11.7 Å². The summed E-state index contributed by atoms with van der Waals surface area (Å²) in [5.74, 6) is 0.314. The number of nitrogens with one attached hydrogen (secondary N) is 1. The van der Waals surface area contributed by atoms with Crippen LogP contribution in [0.15, 0.2) is 24.3 Å². The van der Waals surface area contributed by atoms with Crippen molar-refractivity contribution in [3.05, 3.63) is 30.1 Å². The molecule has 1 aromatic carbocycles. The Kier molecular flexibility index (Phi) is 6.75. The third-order valence-electron chi connectivity index (χ3n) is 2.41. The van der Waals surface area contributed by atoms with Crippen molar-refractivity contribution < 1.29 is 9.18 Å². The third kappa shape index (κ3) is 6.02. The Morgan fingerprint density at radius 1 is 1.56 bits per heavy atom. The summed E-state index contributed by atoms with van der Waals surface area (Å²) in [5, 5.41) is 3.14. The second-order valence-corrected chi connectivity index (χ2v) is 5.61. The summed E-state index contributed by atoms with van der Waals surface area (Å²) in [6.07, 6.45) is 1.38. The Balaban J connectivity index is 2.25. The zero-order valence-corrected chi connectivity index (χ0v) is 11.3. The summed E-state index contributed by atoms with van der Waals surface area (Å²) in [7, 11) is 0. The fourth-order valence-electron chi connectivity index (χ4n) is 1.46. The fraction of sp³-hybridized carbons (Fsp3) is 0.462. The van der Waals surface area contributed by atoms with Crippen LogP contribution in [-0.4, -0.2) is 23.5 Å². The molecule has 0 saturated carbocycles. The molecule has 1 aromatic rings. The number of hydrogen-bond acceptors (Lipinski definition) is 3. The monoisotopic (exact) mass is 270 g/mol. The van der Waals surface area contributed by atoms with Crippen molar-refractivity contribution in [2.75, 3.05) is 17.6 Å².